The Hall–Kier alpha value is -2.78. The quantitative estimate of drug-likeness (QED) is 0.545. The first-order valence-corrected chi connectivity index (χ1v) is 8.67. The van der Waals surface area contributed by atoms with Crippen LogP contribution in [0.3, 0.4) is 0 Å². The van der Waals surface area contributed by atoms with E-state index in [4.69, 9.17) is 18.0 Å². The number of benzene rings is 1. The molecule has 0 saturated carbocycles. The summed E-state index contributed by atoms with van der Waals surface area (Å²) in [5.74, 6) is -1.62. The molecule has 26 heavy (non-hydrogen) atoms. The molecular weight excluding hydrogens is 374 g/mol. The number of methoxy groups -OCH3 is 1. The van der Waals surface area contributed by atoms with E-state index in [0.29, 0.717) is 10.6 Å². The van der Waals surface area contributed by atoms with Crippen molar-refractivity contribution in [1.29, 1.82) is 0 Å². The van der Waals surface area contributed by atoms with E-state index in [9.17, 15) is 14.4 Å². The van der Waals surface area contributed by atoms with E-state index in [1.54, 1.807) is 19.1 Å². The highest BCUT2D eigenvalue weighted by atomic mass is 32.1. The molecule has 0 unspecified atom stereocenters. The lowest BCUT2D eigenvalue weighted by Crippen LogP contribution is -2.34. The van der Waals surface area contributed by atoms with E-state index in [2.05, 4.69) is 15.4 Å². The molecule has 2 rings (SSSR count). The maximum absolute atomic E-state index is 12.3. The summed E-state index contributed by atoms with van der Waals surface area (Å²) in [4.78, 5) is 36.4. The molecule has 1 aromatic heterocycles. The summed E-state index contributed by atoms with van der Waals surface area (Å²) in [6, 6.07) is 6.04. The first-order chi connectivity index (χ1) is 12.2. The van der Waals surface area contributed by atoms with E-state index >= 15 is 0 Å². The van der Waals surface area contributed by atoms with Crippen molar-refractivity contribution < 1.29 is 19.1 Å². The Morgan fingerprint density at radius 3 is 2.46 bits per heavy atom. The first kappa shape index (κ1) is 19.5. The van der Waals surface area contributed by atoms with Crippen molar-refractivity contribution in [3.8, 4) is 0 Å². The van der Waals surface area contributed by atoms with Crippen LogP contribution in [0, 0.1) is 13.8 Å². The number of thiocarbonyl (C=S) groups is 1. The molecule has 0 bridgehead atoms. The summed E-state index contributed by atoms with van der Waals surface area (Å²) in [5, 5.41) is 5.83. The number of carbonyl (C=O) groups is 3. The van der Waals surface area contributed by atoms with Crippen molar-refractivity contribution in [1.82, 2.24) is 5.32 Å². The summed E-state index contributed by atoms with van der Waals surface area (Å²) in [7, 11) is 1.26. The van der Waals surface area contributed by atoms with E-state index in [1.165, 1.54) is 30.6 Å². The fourth-order valence-electron chi connectivity index (χ4n) is 2.23. The topological polar surface area (TPSA) is 111 Å². The van der Waals surface area contributed by atoms with Gasteiger partial charge >= 0.3 is 5.97 Å². The molecule has 0 saturated heterocycles. The number of anilines is 1. The standard InChI is InChI=1S/C17H17N3O4S2/c1-8-9(2)26-15(12(8)13(18)21)20-17(25)19-14(22)10-5-4-6-11(7-10)16(23)24-3/h4-7H,1-3H3,(H2,18,21)(H2,19,20,22,25). The Kier molecular flexibility index (Phi) is 6.06. The number of thiophene rings is 1. The third kappa shape index (κ3) is 4.24. The Morgan fingerprint density at radius 1 is 1.19 bits per heavy atom. The molecule has 0 fully saturated rings. The van der Waals surface area contributed by atoms with Gasteiger partial charge in [0.1, 0.15) is 5.00 Å². The van der Waals surface area contributed by atoms with Gasteiger partial charge in [-0.3, -0.25) is 14.9 Å². The maximum Gasteiger partial charge on any atom is 0.337 e. The van der Waals surface area contributed by atoms with Crippen molar-refractivity contribution in [2.45, 2.75) is 13.8 Å². The van der Waals surface area contributed by atoms with Crippen molar-refractivity contribution in [2.24, 2.45) is 5.73 Å². The van der Waals surface area contributed by atoms with Crippen LogP contribution < -0.4 is 16.4 Å². The molecule has 7 nitrogen and oxygen atoms in total. The number of esters is 1. The van der Waals surface area contributed by atoms with Crippen LogP contribution in [0.1, 0.15) is 41.5 Å². The summed E-state index contributed by atoms with van der Waals surface area (Å²) in [6.45, 7) is 3.65. The molecule has 4 N–H and O–H groups in total. The number of aryl methyl sites for hydroxylation is 1. The minimum atomic E-state index is -0.575. The summed E-state index contributed by atoms with van der Waals surface area (Å²) in [6.07, 6.45) is 0. The number of hydrogen-bond donors (Lipinski definition) is 3. The van der Waals surface area contributed by atoms with Crippen LogP contribution >= 0.6 is 23.6 Å². The van der Waals surface area contributed by atoms with Gasteiger partial charge in [-0.2, -0.15) is 0 Å². The zero-order valence-corrected chi connectivity index (χ0v) is 16.0. The molecule has 0 aliphatic rings. The van der Waals surface area contributed by atoms with E-state index in [0.717, 1.165) is 10.4 Å². The fraction of sp³-hybridized carbons (Fsp3) is 0.176. The molecule has 0 aliphatic carbocycles. The van der Waals surface area contributed by atoms with Crippen LogP contribution in [-0.2, 0) is 4.74 Å². The highest BCUT2D eigenvalue weighted by molar-refractivity contribution is 7.80. The zero-order chi connectivity index (χ0) is 19.4. The van der Waals surface area contributed by atoms with Crippen molar-refractivity contribution >= 4 is 51.5 Å². The van der Waals surface area contributed by atoms with Crippen LogP contribution in [0.2, 0.25) is 0 Å². The molecule has 0 aliphatic heterocycles. The Bertz CT molecular complexity index is 905. The molecule has 2 amide bonds. The van der Waals surface area contributed by atoms with Gasteiger partial charge in [-0.05, 0) is 49.8 Å². The lowest BCUT2D eigenvalue weighted by atomic mass is 10.1. The summed E-state index contributed by atoms with van der Waals surface area (Å²) >= 11 is 6.46. The lowest BCUT2D eigenvalue weighted by Gasteiger charge is -2.10. The molecule has 0 atom stereocenters. The number of nitrogens with two attached hydrogens (primary N) is 1. The zero-order valence-electron chi connectivity index (χ0n) is 14.3. The van der Waals surface area contributed by atoms with Crippen molar-refractivity contribution in [3.63, 3.8) is 0 Å². The van der Waals surface area contributed by atoms with Gasteiger partial charge in [-0.15, -0.1) is 11.3 Å². The largest absolute Gasteiger partial charge is 0.465 e. The molecule has 0 radical (unpaired) electrons. The second kappa shape index (κ2) is 8.07. The van der Waals surface area contributed by atoms with Gasteiger partial charge in [-0.25, -0.2) is 4.79 Å². The number of primary amides is 1. The first-order valence-electron chi connectivity index (χ1n) is 7.45. The Labute approximate surface area is 159 Å². The number of carbonyl (C=O) groups excluding carboxylic acids is 3. The third-order valence-corrected chi connectivity index (χ3v) is 4.96. The van der Waals surface area contributed by atoms with Gasteiger partial charge in [0, 0.05) is 10.4 Å². The molecule has 2 aromatic rings. The number of hydrogen-bond acceptors (Lipinski definition) is 6. The van der Waals surface area contributed by atoms with E-state index in [-0.39, 0.29) is 16.2 Å². The number of amides is 2. The normalized spacial score (nSPS) is 10.1. The third-order valence-electron chi connectivity index (χ3n) is 3.63. The monoisotopic (exact) mass is 391 g/mol. The fourth-order valence-corrected chi connectivity index (χ4v) is 3.56. The van der Waals surface area contributed by atoms with Gasteiger partial charge in [0.15, 0.2) is 5.11 Å². The molecule has 0 spiro atoms. The smallest absolute Gasteiger partial charge is 0.337 e. The van der Waals surface area contributed by atoms with Crippen LogP contribution in [0.25, 0.3) is 0 Å². The summed E-state index contributed by atoms with van der Waals surface area (Å²) in [5.41, 5.74) is 7.01. The summed E-state index contributed by atoms with van der Waals surface area (Å²) < 4.78 is 4.63. The van der Waals surface area contributed by atoms with Gasteiger partial charge in [0.2, 0.25) is 0 Å². The SMILES string of the molecule is COC(=O)c1cccc(C(=O)NC(=S)Nc2sc(C)c(C)c2C(N)=O)c1. The molecule has 1 heterocycles. The Balaban J connectivity index is 2.14. The van der Waals surface area contributed by atoms with Gasteiger partial charge in [0.05, 0.1) is 18.2 Å². The average molecular weight is 391 g/mol. The van der Waals surface area contributed by atoms with Gasteiger partial charge in [0.25, 0.3) is 11.8 Å². The Morgan fingerprint density at radius 2 is 1.85 bits per heavy atom. The number of ether oxygens (including phenoxy) is 1. The van der Waals surface area contributed by atoms with Gasteiger partial charge < -0.3 is 15.8 Å². The average Bonchev–Trinajstić information content (AvgIpc) is 2.87. The predicted octanol–water partition coefficient (Wildman–Crippen LogP) is 2.38. The van der Waals surface area contributed by atoms with Crippen LogP contribution in [-0.4, -0.2) is 30.0 Å². The highest BCUT2D eigenvalue weighted by Crippen LogP contribution is 2.31. The minimum absolute atomic E-state index is 0.0159. The van der Waals surface area contributed by atoms with E-state index in [1.807, 2.05) is 6.92 Å². The number of nitrogens with one attached hydrogen (secondary N) is 2. The minimum Gasteiger partial charge on any atom is -0.465 e. The molecular formula is C17H17N3O4S2. The lowest BCUT2D eigenvalue weighted by molar-refractivity contribution is 0.0600. The van der Waals surface area contributed by atoms with Crippen LogP contribution in [0.15, 0.2) is 24.3 Å². The van der Waals surface area contributed by atoms with Gasteiger partial charge in [-0.1, -0.05) is 6.07 Å². The maximum atomic E-state index is 12.3. The van der Waals surface area contributed by atoms with Crippen LogP contribution in [0.4, 0.5) is 5.00 Å². The molecule has 9 heteroatoms. The number of rotatable bonds is 4. The van der Waals surface area contributed by atoms with Crippen molar-refractivity contribution in [3.05, 3.63) is 51.4 Å². The molecule has 1 aromatic carbocycles. The predicted molar refractivity (Wildman–Crippen MR) is 104 cm³/mol. The second-order valence-electron chi connectivity index (χ2n) is 5.33. The highest BCUT2D eigenvalue weighted by Gasteiger charge is 2.19. The van der Waals surface area contributed by atoms with Crippen LogP contribution in [0.5, 0.6) is 0 Å². The second-order valence-corrected chi connectivity index (χ2v) is 6.97. The van der Waals surface area contributed by atoms with E-state index < -0.39 is 17.8 Å². The van der Waals surface area contributed by atoms with Crippen molar-refractivity contribution in [2.75, 3.05) is 12.4 Å². The molecule has 136 valence electrons.